The topological polar surface area (TPSA) is 108 Å². The molecule has 0 fully saturated rings. The highest BCUT2D eigenvalue weighted by Gasteiger charge is 2.15. The summed E-state index contributed by atoms with van der Waals surface area (Å²) in [6, 6.07) is 12.1. The molecule has 0 aliphatic carbocycles. The van der Waals surface area contributed by atoms with E-state index in [4.69, 9.17) is 4.74 Å². The fraction of sp³-hybridized carbons (Fsp3) is 0.500. The molecule has 4 N–H and O–H groups in total. The van der Waals surface area contributed by atoms with E-state index in [1.54, 1.807) is 37.4 Å². The van der Waals surface area contributed by atoms with Gasteiger partial charge in [0.05, 0.1) is 7.11 Å². The van der Waals surface area contributed by atoms with Crippen LogP contribution in [0.5, 0.6) is 17.2 Å². The largest absolute Gasteiger partial charge is 0.504 e. The molecular weight excluding hydrogens is 444 g/mol. The number of phenols is 2. The van der Waals surface area contributed by atoms with Crippen LogP contribution in [0.2, 0.25) is 0 Å². The average molecular weight is 485 g/mol. The van der Waals surface area contributed by atoms with Crippen LogP contribution in [0.15, 0.2) is 42.5 Å². The van der Waals surface area contributed by atoms with Gasteiger partial charge in [0.2, 0.25) is 5.91 Å². The number of unbranched alkanes of at least 4 members (excludes halogenated alkanes) is 2. The van der Waals surface area contributed by atoms with Crippen LogP contribution in [-0.4, -0.2) is 47.6 Å². The molecule has 0 saturated carbocycles. The van der Waals surface area contributed by atoms with Crippen molar-refractivity contribution < 1.29 is 24.5 Å². The standard InChI is InChI=1S/C28H40N2O5/c1-4-8-20(2)29-19-23(17-21-11-16-26(32)27(33)18-21)30-28(34)10-7-5-6-9-25(31)22-12-14-24(35-3)15-13-22/h11-16,18,20,23,29,32-33H,4-10,17,19H2,1-3H3,(H,30,34). The van der Waals surface area contributed by atoms with E-state index < -0.39 is 0 Å². The Morgan fingerprint density at radius 3 is 2.34 bits per heavy atom. The number of amides is 1. The molecule has 0 bridgehead atoms. The second-order valence-electron chi connectivity index (χ2n) is 9.10. The van der Waals surface area contributed by atoms with Crippen LogP contribution in [0.25, 0.3) is 0 Å². The number of Topliss-reactive ketones (excluding diaryl/α,β-unsaturated/α-hetero) is 1. The predicted molar refractivity (Wildman–Crippen MR) is 138 cm³/mol. The Hall–Kier alpha value is -3.06. The number of methoxy groups -OCH3 is 1. The lowest BCUT2D eigenvalue weighted by molar-refractivity contribution is -0.121. The first-order valence-electron chi connectivity index (χ1n) is 12.5. The fourth-order valence-corrected chi connectivity index (χ4v) is 4.00. The van der Waals surface area contributed by atoms with Crippen LogP contribution in [0.1, 0.15) is 74.7 Å². The SMILES string of the molecule is CCCC(C)NCC(Cc1ccc(O)c(O)c1)NC(=O)CCCCCC(=O)c1ccc(OC)cc1. The third kappa shape index (κ3) is 10.4. The van der Waals surface area contributed by atoms with Crippen LogP contribution in [0.4, 0.5) is 0 Å². The van der Waals surface area contributed by atoms with E-state index in [1.807, 2.05) is 0 Å². The Labute approximate surface area is 208 Å². The van der Waals surface area contributed by atoms with Gasteiger partial charge in [-0.2, -0.15) is 0 Å². The summed E-state index contributed by atoms with van der Waals surface area (Å²) < 4.78 is 5.12. The first kappa shape index (κ1) is 28.2. The molecule has 35 heavy (non-hydrogen) atoms. The third-order valence-corrected chi connectivity index (χ3v) is 6.04. The van der Waals surface area contributed by atoms with E-state index in [0.717, 1.165) is 37.0 Å². The Bertz CT molecular complexity index is 929. The maximum absolute atomic E-state index is 12.6. The number of nitrogens with one attached hydrogen (secondary N) is 2. The highest BCUT2D eigenvalue weighted by Crippen LogP contribution is 2.25. The second-order valence-corrected chi connectivity index (χ2v) is 9.10. The molecule has 2 atom stereocenters. The normalized spacial score (nSPS) is 12.7. The lowest BCUT2D eigenvalue weighted by Gasteiger charge is -2.22. The van der Waals surface area contributed by atoms with Gasteiger partial charge in [0, 0.05) is 37.0 Å². The van der Waals surface area contributed by atoms with Crippen molar-refractivity contribution in [1.29, 1.82) is 0 Å². The van der Waals surface area contributed by atoms with Crippen LogP contribution in [0, 0.1) is 0 Å². The van der Waals surface area contributed by atoms with Crippen molar-refractivity contribution in [3.63, 3.8) is 0 Å². The zero-order valence-electron chi connectivity index (χ0n) is 21.2. The van der Waals surface area contributed by atoms with Crippen LogP contribution in [-0.2, 0) is 11.2 Å². The molecule has 2 unspecified atom stereocenters. The van der Waals surface area contributed by atoms with Crippen molar-refractivity contribution in [2.75, 3.05) is 13.7 Å². The smallest absolute Gasteiger partial charge is 0.220 e. The Morgan fingerprint density at radius 2 is 1.69 bits per heavy atom. The van der Waals surface area contributed by atoms with Crippen molar-refractivity contribution >= 4 is 11.7 Å². The first-order valence-corrected chi connectivity index (χ1v) is 12.5. The molecule has 0 radical (unpaired) electrons. The molecule has 0 saturated heterocycles. The predicted octanol–water partition coefficient (Wildman–Crippen LogP) is 4.75. The second kappa shape index (κ2) is 15.0. The van der Waals surface area contributed by atoms with E-state index >= 15 is 0 Å². The number of carbonyl (C=O) groups excluding carboxylic acids is 2. The van der Waals surface area contributed by atoms with Crippen LogP contribution in [0.3, 0.4) is 0 Å². The number of ketones is 1. The Kier molecular flexibility index (Phi) is 12.1. The van der Waals surface area contributed by atoms with E-state index in [9.17, 15) is 19.8 Å². The van der Waals surface area contributed by atoms with Crippen molar-refractivity contribution in [3.8, 4) is 17.2 Å². The zero-order chi connectivity index (χ0) is 25.6. The molecule has 0 aliphatic heterocycles. The lowest BCUT2D eigenvalue weighted by atomic mass is 10.0. The minimum absolute atomic E-state index is 0.0237. The number of phenolic OH excluding ortho intramolecular Hbond substituents is 2. The summed E-state index contributed by atoms with van der Waals surface area (Å²) in [5.41, 5.74) is 1.52. The Morgan fingerprint density at radius 1 is 0.971 bits per heavy atom. The third-order valence-electron chi connectivity index (χ3n) is 6.04. The quantitative estimate of drug-likeness (QED) is 0.156. The molecular formula is C28H40N2O5. The highest BCUT2D eigenvalue weighted by molar-refractivity contribution is 5.96. The Balaban J connectivity index is 1.78. The van der Waals surface area contributed by atoms with Gasteiger partial charge in [-0.1, -0.05) is 25.8 Å². The summed E-state index contributed by atoms with van der Waals surface area (Å²) in [4.78, 5) is 24.9. The summed E-state index contributed by atoms with van der Waals surface area (Å²) in [5.74, 6) is 0.479. The summed E-state index contributed by atoms with van der Waals surface area (Å²) in [6.45, 7) is 4.88. The van der Waals surface area contributed by atoms with E-state index in [-0.39, 0.29) is 29.2 Å². The van der Waals surface area contributed by atoms with Gasteiger partial charge in [-0.05, 0) is 74.6 Å². The molecule has 7 nitrogen and oxygen atoms in total. The van der Waals surface area contributed by atoms with Crippen LogP contribution >= 0.6 is 0 Å². The summed E-state index contributed by atoms with van der Waals surface area (Å²) in [5, 5.41) is 25.9. The van der Waals surface area contributed by atoms with Gasteiger partial charge in [0.25, 0.3) is 0 Å². The molecule has 1 amide bonds. The van der Waals surface area contributed by atoms with E-state index in [2.05, 4.69) is 24.5 Å². The lowest BCUT2D eigenvalue weighted by Crippen LogP contribution is -2.45. The summed E-state index contributed by atoms with van der Waals surface area (Å²) >= 11 is 0. The number of rotatable bonds is 16. The average Bonchev–Trinajstić information content (AvgIpc) is 2.84. The summed E-state index contributed by atoms with van der Waals surface area (Å²) in [6.07, 6.45) is 5.80. The number of carbonyl (C=O) groups is 2. The molecule has 2 rings (SSSR count). The highest BCUT2D eigenvalue weighted by atomic mass is 16.5. The molecule has 0 spiro atoms. The van der Waals surface area contributed by atoms with Crippen molar-refractivity contribution in [2.24, 2.45) is 0 Å². The van der Waals surface area contributed by atoms with Crippen molar-refractivity contribution in [1.82, 2.24) is 10.6 Å². The minimum Gasteiger partial charge on any atom is -0.504 e. The molecule has 192 valence electrons. The van der Waals surface area contributed by atoms with Gasteiger partial charge in [-0.3, -0.25) is 9.59 Å². The van der Waals surface area contributed by atoms with Gasteiger partial charge < -0.3 is 25.6 Å². The monoisotopic (exact) mass is 484 g/mol. The van der Waals surface area contributed by atoms with Gasteiger partial charge in [0.1, 0.15) is 5.75 Å². The number of aromatic hydroxyl groups is 2. The number of hydrogen-bond donors (Lipinski definition) is 4. The zero-order valence-corrected chi connectivity index (χ0v) is 21.2. The van der Waals surface area contributed by atoms with Crippen molar-refractivity contribution in [3.05, 3.63) is 53.6 Å². The number of hydrogen-bond acceptors (Lipinski definition) is 6. The molecule has 0 heterocycles. The molecule has 0 aliphatic rings. The fourth-order valence-electron chi connectivity index (χ4n) is 4.00. The van der Waals surface area contributed by atoms with Gasteiger partial charge in [0.15, 0.2) is 17.3 Å². The number of ether oxygens (including phenoxy) is 1. The minimum atomic E-state index is -0.163. The summed E-state index contributed by atoms with van der Waals surface area (Å²) in [7, 11) is 1.59. The van der Waals surface area contributed by atoms with Gasteiger partial charge >= 0.3 is 0 Å². The first-order chi connectivity index (χ1) is 16.8. The molecule has 2 aromatic carbocycles. The van der Waals surface area contributed by atoms with Gasteiger partial charge in [-0.15, -0.1) is 0 Å². The van der Waals surface area contributed by atoms with Crippen LogP contribution < -0.4 is 15.4 Å². The van der Waals surface area contributed by atoms with Crippen molar-refractivity contribution in [2.45, 2.75) is 77.3 Å². The van der Waals surface area contributed by atoms with E-state index in [1.165, 1.54) is 12.1 Å². The maximum Gasteiger partial charge on any atom is 0.220 e. The van der Waals surface area contributed by atoms with E-state index in [0.29, 0.717) is 43.8 Å². The number of benzene rings is 2. The maximum atomic E-state index is 12.6. The molecule has 0 aromatic heterocycles. The van der Waals surface area contributed by atoms with Gasteiger partial charge in [-0.25, -0.2) is 0 Å². The molecule has 7 heteroatoms. The molecule has 2 aromatic rings.